The molecule has 0 heterocycles. The zero-order valence-electron chi connectivity index (χ0n) is 15.9. The number of rotatable bonds is 13. The number of likely N-dealkylation sites (N-methyl/N-ethyl adjacent to an activating group) is 1. The van der Waals surface area contributed by atoms with Crippen LogP contribution in [-0.2, 0) is 4.74 Å². The lowest BCUT2D eigenvalue weighted by Crippen LogP contribution is -2.69. The fourth-order valence-electron chi connectivity index (χ4n) is 2.03. The minimum atomic E-state index is -7.94. The van der Waals surface area contributed by atoms with Gasteiger partial charge in [-0.05, 0) is 13.1 Å². The summed E-state index contributed by atoms with van der Waals surface area (Å²) in [5.41, 5.74) is 0. The number of alkyl halides is 13. The summed E-state index contributed by atoms with van der Waals surface area (Å²) >= 11 is 0. The maximum Gasteiger partial charge on any atom is 0.460 e. The normalized spacial score (nSPS) is 16.3. The Bertz CT molecular complexity index is 622. The molecule has 1 unspecified atom stereocenters. The first-order valence-electron chi connectivity index (χ1n) is 8.28. The van der Waals surface area contributed by atoms with Crippen LogP contribution in [0.4, 0.5) is 57.1 Å². The molecule has 0 aliphatic carbocycles. The molecule has 0 bridgehead atoms. The SMILES string of the molecule is CN(CCO)CC(O)COC/C=C/C(F)(F)C(F)(F)C(F)(F)C(F)(F)C(F)(F)C(F)(F)F. The predicted molar refractivity (Wildman–Crippen MR) is 81.3 cm³/mol. The van der Waals surface area contributed by atoms with Crippen molar-refractivity contribution in [2.75, 3.05) is 40.0 Å². The second-order valence-corrected chi connectivity index (χ2v) is 6.50. The summed E-state index contributed by atoms with van der Waals surface area (Å²) in [5.74, 6) is -37.3. The third kappa shape index (κ3) is 6.17. The molecule has 0 spiro atoms. The molecule has 17 heteroatoms. The van der Waals surface area contributed by atoms with Gasteiger partial charge in [0.05, 0.1) is 25.9 Å². The molecule has 0 aliphatic rings. The van der Waals surface area contributed by atoms with Crippen LogP contribution in [0.3, 0.4) is 0 Å². The van der Waals surface area contributed by atoms with E-state index >= 15 is 0 Å². The highest BCUT2D eigenvalue weighted by molar-refractivity contribution is 5.15. The highest BCUT2D eigenvalue weighted by Gasteiger charge is 2.90. The molecule has 0 radical (unpaired) electrons. The molecule has 1 atom stereocenters. The summed E-state index contributed by atoms with van der Waals surface area (Å²) in [6.07, 6.45) is -10.0. The van der Waals surface area contributed by atoms with Gasteiger partial charge in [0.1, 0.15) is 0 Å². The molecule has 0 aromatic rings. The van der Waals surface area contributed by atoms with Gasteiger partial charge in [0.2, 0.25) is 0 Å². The van der Waals surface area contributed by atoms with Gasteiger partial charge in [-0.1, -0.05) is 6.08 Å². The Morgan fingerprint density at radius 3 is 1.72 bits per heavy atom. The Labute approximate surface area is 172 Å². The van der Waals surface area contributed by atoms with Gasteiger partial charge in [-0.3, -0.25) is 0 Å². The van der Waals surface area contributed by atoms with Crippen molar-refractivity contribution < 1.29 is 72.0 Å². The zero-order valence-corrected chi connectivity index (χ0v) is 15.9. The number of aliphatic hydroxyl groups excluding tert-OH is 2. The second kappa shape index (κ2) is 10.3. The van der Waals surface area contributed by atoms with Crippen LogP contribution in [-0.4, -0.2) is 97.0 Å². The topological polar surface area (TPSA) is 52.9 Å². The largest absolute Gasteiger partial charge is 0.460 e. The van der Waals surface area contributed by atoms with Crippen molar-refractivity contribution in [1.29, 1.82) is 0 Å². The predicted octanol–water partition coefficient (Wildman–Crippen LogP) is 3.58. The molecule has 0 amide bonds. The average Bonchev–Trinajstić information content (AvgIpc) is 2.59. The third-order valence-corrected chi connectivity index (χ3v) is 3.81. The van der Waals surface area contributed by atoms with Gasteiger partial charge in [0.15, 0.2) is 0 Å². The minimum absolute atomic E-state index is 0.116. The first-order chi connectivity index (χ1) is 14.1. The number of hydrogen-bond donors (Lipinski definition) is 2. The number of nitrogens with zero attached hydrogens (tertiary/aromatic N) is 1. The Kier molecular flexibility index (Phi) is 9.87. The maximum absolute atomic E-state index is 13.4. The van der Waals surface area contributed by atoms with Crippen LogP contribution in [0.5, 0.6) is 0 Å². The molecule has 0 aliphatic heterocycles. The van der Waals surface area contributed by atoms with Crippen LogP contribution >= 0.6 is 0 Å². The molecule has 192 valence electrons. The summed E-state index contributed by atoms with van der Waals surface area (Å²) in [6.45, 7) is -2.01. The number of allylic oxidation sites excluding steroid dienone is 1. The highest BCUT2D eigenvalue weighted by Crippen LogP contribution is 2.60. The van der Waals surface area contributed by atoms with Gasteiger partial charge in [-0.15, -0.1) is 0 Å². The van der Waals surface area contributed by atoms with E-state index in [1.165, 1.54) is 11.9 Å². The Hall–Kier alpha value is -1.33. The Morgan fingerprint density at radius 2 is 1.28 bits per heavy atom. The van der Waals surface area contributed by atoms with E-state index in [9.17, 15) is 62.2 Å². The summed E-state index contributed by atoms with van der Waals surface area (Å²) in [4.78, 5) is 1.39. The molecule has 0 fully saturated rings. The van der Waals surface area contributed by atoms with E-state index in [1.54, 1.807) is 0 Å². The first kappa shape index (κ1) is 30.7. The van der Waals surface area contributed by atoms with E-state index in [2.05, 4.69) is 4.74 Å². The van der Waals surface area contributed by atoms with E-state index < -0.39 is 61.2 Å². The van der Waals surface area contributed by atoms with E-state index in [0.717, 1.165) is 0 Å². The molecule has 32 heavy (non-hydrogen) atoms. The summed E-state index contributed by atoms with van der Waals surface area (Å²) in [6, 6.07) is 0. The van der Waals surface area contributed by atoms with Gasteiger partial charge in [-0.2, -0.15) is 57.1 Å². The number of hydrogen-bond acceptors (Lipinski definition) is 4. The van der Waals surface area contributed by atoms with Crippen molar-refractivity contribution in [3.63, 3.8) is 0 Å². The van der Waals surface area contributed by atoms with Crippen molar-refractivity contribution in [3.8, 4) is 0 Å². The van der Waals surface area contributed by atoms with Gasteiger partial charge >= 0.3 is 35.8 Å². The van der Waals surface area contributed by atoms with Crippen LogP contribution < -0.4 is 0 Å². The van der Waals surface area contributed by atoms with E-state index in [1.807, 2.05) is 0 Å². The van der Waals surface area contributed by atoms with Crippen LogP contribution in [0.25, 0.3) is 0 Å². The van der Waals surface area contributed by atoms with Crippen LogP contribution in [0.2, 0.25) is 0 Å². The van der Waals surface area contributed by atoms with E-state index in [0.29, 0.717) is 0 Å². The lowest BCUT2D eigenvalue weighted by Gasteiger charge is -2.39. The fourth-order valence-corrected chi connectivity index (χ4v) is 2.03. The Morgan fingerprint density at radius 1 is 0.812 bits per heavy atom. The molecule has 0 saturated heterocycles. The van der Waals surface area contributed by atoms with Crippen molar-refractivity contribution in [3.05, 3.63) is 12.2 Å². The van der Waals surface area contributed by atoms with Gasteiger partial charge in [-0.25, -0.2) is 0 Å². The third-order valence-electron chi connectivity index (χ3n) is 3.81. The summed E-state index contributed by atoms with van der Waals surface area (Å²) < 4.78 is 172. The lowest BCUT2D eigenvalue weighted by atomic mass is 9.94. The van der Waals surface area contributed by atoms with Gasteiger partial charge in [0.25, 0.3) is 0 Å². The fraction of sp³-hybridized carbons (Fsp3) is 0.867. The molecule has 0 aromatic carbocycles. The summed E-state index contributed by atoms with van der Waals surface area (Å²) in [5, 5.41) is 18.1. The van der Waals surface area contributed by atoms with Crippen LogP contribution in [0.15, 0.2) is 12.2 Å². The zero-order chi connectivity index (χ0) is 25.8. The Balaban J connectivity index is 5.35. The first-order valence-corrected chi connectivity index (χ1v) is 8.28. The van der Waals surface area contributed by atoms with Gasteiger partial charge < -0.3 is 19.8 Å². The van der Waals surface area contributed by atoms with Crippen molar-refractivity contribution in [2.24, 2.45) is 0 Å². The molecule has 0 rings (SSSR count). The number of aliphatic hydroxyl groups is 2. The minimum Gasteiger partial charge on any atom is -0.395 e. The molecule has 2 N–H and O–H groups in total. The molecule has 0 saturated carbocycles. The van der Waals surface area contributed by atoms with E-state index in [4.69, 9.17) is 5.11 Å². The molecular weight excluding hydrogens is 489 g/mol. The monoisotopic (exact) mass is 507 g/mol. The van der Waals surface area contributed by atoms with Crippen LogP contribution in [0, 0.1) is 0 Å². The molecule has 4 nitrogen and oxygen atoms in total. The van der Waals surface area contributed by atoms with Gasteiger partial charge in [0, 0.05) is 13.1 Å². The lowest BCUT2D eigenvalue weighted by molar-refractivity contribution is -0.436. The number of ether oxygens (including phenoxy) is 1. The van der Waals surface area contributed by atoms with Crippen molar-refractivity contribution >= 4 is 0 Å². The molecule has 0 aromatic heterocycles. The van der Waals surface area contributed by atoms with E-state index in [-0.39, 0.29) is 25.8 Å². The van der Waals surface area contributed by atoms with Crippen LogP contribution in [0.1, 0.15) is 0 Å². The molecular formula is C15H18F13NO3. The standard InChI is InChI=1S/C15H18F13NO3/c1-29(4-5-30)7-9(31)8-32-6-2-3-10(16,17)11(18,19)12(20,21)13(22,23)14(24,25)15(26,27)28/h2-3,9,30-31H,4-8H2,1H3/b3-2+. The quantitative estimate of drug-likeness (QED) is 0.228. The highest BCUT2D eigenvalue weighted by atomic mass is 19.4. The smallest absolute Gasteiger partial charge is 0.395 e. The second-order valence-electron chi connectivity index (χ2n) is 6.50. The maximum atomic E-state index is 13.4. The van der Waals surface area contributed by atoms with Crippen molar-refractivity contribution in [2.45, 2.75) is 41.9 Å². The summed E-state index contributed by atoms with van der Waals surface area (Å²) in [7, 11) is 1.44. The number of halogens is 13. The average molecular weight is 507 g/mol. The van der Waals surface area contributed by atoms with Crippen molar-refractivity contribution in [1.82, 2.24) is 4.90 Å².